The summed E-state index contributed by atoms with van der Waals surface area (Å²) in [5.41, 5.74) is 3.66. The lowest BCUT2D eigenvalue weighted by molar-refractivity contribution is 0.515. The Morgan fingerprint density at radius 3 is 2.47 bits per heavy atom. The molecule has 0 aliphatic heterocycles. The van der Waals surface area contributed by atoms with Gasteiger partial charge in [-0.05, 0) is 37.0 Å². The Labute approximate surface area is 119 Å². The Balaban J connectivity index is 2.48. The second-order valence-corrected chi connectivity index (χ2v) is 5.64. The Hall–Kier alpha value is -1.35. The van der Waals surface area contributed by atoms with Crippen molar-refractivity contribution in [1.82, 2.24) is 14.8 Å². The van der Waals surface area contributed by atoms with Gasteiger partial charge < -0.3 is 4.57 Å². The van der Waals surface area contributed by atoms with Crippen LogP contribution in [0, 0.1) is 19.8 Å². The van der Waals surface area contributed by atoms with Crippen LogP contribution in [0.4, 0.5) is 0 Å². The highest BCUT2D eigenvalue weighted by atomic mass is 35.5. The molecule has 0 spiro atoms. The third-order valence-corrected chi connectivity index (χ3v) is 3.50. The summed E-state index contributed by atoms with van der Waals surface area (Å²) in [5, 5.41) is 8.51. The van der Waals surface area contributed by atoms with Crippen LogP contribution in [0.1, 0.15) is 30.8 Å². The molecule has 0 bridgehead atoms. The molecule has 102 valence electrons. The van der Waals surface area contributed by atoms with E-state index in [1.165, 1.54) is 11.1 Å². The Morgan fingerprint density at radius 2 is 1.89 bits per heavy atom. The molecule has 0 atom stereocenters. The predicted octanol–water partition coefficient (Wildman–Crippen LogP) is 3.96. The highest BCUT2D eigenvalue weighted by molar-refractivity contribution is 6.16. The Bertz CT molecular complexity index is 573. The number of hydrogen-bond donors (Lipinski definition) is 0. The summed E-state index contributed by atoms with van der Waals surface area (Å²) in [6.45, 7) is 9.48. The number of alkyl halides is 1. The van der Waals surface area contributed by atoms with Crippen LogP contribution in [0.3, 0.4) is 0 Å². The van der Waals surface area contributed by atoms with Crippen molar-refractivity contribution < 1.29 is 0 Å². The fourth-order valence-corrected chi connectivity index (χ4v) is 2.28. The largest absolute Gasteiger partial charge is 0.310 e. The Morgan fingerprint density at radius 1 is 1.16 bits per heavy atom. The van der Waals surface area contributed by atoms with E-state index in [0.29, 0.717) is 11.8 Å². The molecule has 0 aliphatic rings. The summed E-state index contributed by atoms with van der Waals surface area (Å²) in [4.78, 5) is 0. The van der Waals surface area contributed by atoms with Crippen molar-refractivity contribution >= 4 is 11.6 Å². The number of rotatable bonds is 4. The minimum Gasteiger partial charge on any atom is -0.310 e. The van der Waals surface area contributed by atoms with Crippen molar-refractivity contribution in [2.45, 2.75) is 40.1 Å². The average Bonchev–Trinajstić information content (AvgIpc) is 2.75. The molecular weight excluding hydrogens is 258 g/mol. The molecule has 4 heteroatoms. The summed E-state index contributed by atoms with van der Waals surface area (Å²) in [6, 6.07) is 6.38. The summed E-state index contributed by atoms with van der Waals surface area (Å²) in [5.74, 6) is 2.67. The number of nitrogens with zero attached hydrogens (tertiary/aromatic N) is 3. The van der Waals surface area contributed by atoms with Gasteiger partial charge in [0.25, 0.3) is 0 Å². The third-order valence-electron chi connectivity index (χ3n) is 3.26. The Kier molecular flexibility index (Phi) is 4.25. The lowest BCUT2D eigenvalue weighted by Gasteiger charge is -2.12. The summed E-state index contributed by atoms with van der Waals surface area (Å²) in [7, 11) is 0. The molecule has 0 saturated carbocycles. The minimum absolute atomic E-state index is 0.393. The third kappa shape index (κ3) is 2.98. The van der Waals surface area contributed by atoms with Gasteiger partial charge in [-0.3, -0.25) is 0 Å². The monoisotopic (exact) mass is 277 g/mol. The smallest absolute Gasteiger partial charge is 0.164 e. The van der Waals surface area contributed by atoms with Gasteiger partial charge in [-0.1, -0.05) is 26.0 Å². The lowest BCUT2D eigenvalue weighted by Crippen LogP contribution is -2.09. The normalized spacial score (nSPS) is 11.3. The average molecular weight is 278 g/mol. The van der Waals surface area contributed by atoms with Gasteiger partial charge in [-0.25, -0.2) is 0 Å². The van der Waals surface area contributed by atoms with Crippen LogP contribution in [0.2, 0.25) is 0 Å². The molecular formula is C15H20ClN3. The van der Waals surface area contributed by atoms with Crippen molar-refractivity contribution in [2.75, 3.05) is 0 Å². The van der Waals surface area contributed by atoms with Crippen molar-refractivity contribution in [1.29, 1.82) is 0 Å². The molecule has 0 saturated heterocycles. The van der Waals surface area contributed by atoms with Crippen LogP contribution in [0.5, 0.6) is 0 Å². The fourth-order valence-electron chi connectivity index (χ4n) is 2.09. The van der Waals surface area contributed by atoms with Gasteiger partial charge in [-0.2, -0.15) is 0 Å². The van der Waals surface area contributed by atoms with Crippen LogP contribution in [-0.4, -0.2) is 14.8 Å². The molecule has 0 N–H and O–H groups in total. The van der Waals surface area contributed by atoms with Gasteiger partial charge in [0.2, 0.25) is 0 Å². The number of halogens is 1. The lowest BCUT2D eigenvalue weighted by atomic mass is 10.1. The first kappa shape index (κ1) is 14.1. The van der Waals surface area contributed by atoms with Gasteiger partial charge >= 0.3 is 0 Å². The topological polar surface area (TPSA) is 30.7 Å². The fraction of sp³-hybridized carbons (Fsp3) is 0.467. The van der Waals surface area contributed by atoms with E-state index in [1.807, 2.05) is 0 Å². The molecule has 2 aromatic rings. The van der Waals surface area contributed by atoms with E-state index in [4.69, 9.17) is 11.6 Å². The predicted molar refractivity (Wildman–Crippen MR) is 79.3 cm³/mol. The first-order valence-corrected chi connectivity index (χ1v) is 7.12. The van der Waals surface area contributed by atoms with Crippen molar-refractivity contribution in [3.05, 3.63) is 35.2 Å². The van der Waals surface area contributed by atoms with E-state index in [2.05, 4.69) is 60.7 Å². The zero-order valence-electron chi connectivity index (χ0n) is 11.9. The standard InChI is InChI=1S/C15H20ClN3/c1-10(2)9-19-14(8-16)17-18-15(19)13-6-5-11(3)12(4)7-13/h5-7,10H,8-9H2,1-4H3. The van der Waals surface area contributed by atoms with Gasteiger partial charge in [-0.15, -0.1) is 21.8 Å². The van der Waals surface area contributed by atoms with Gasteiger partial charge in [0.15, 0.2) is 5.82 Å². The molecule has 1 aromatic carbocycles. The van der Waals surface area contributed by atoms with Crippen LogP contribution >= 0.6 is 11.6 Å². The van der Waals surface area contributed by atoms with Gasteiger partial charge in [0.1, 0.15) is 5.82 Å². The second kappa shape index (κ2) is 5.74. The highest BCUT2D eigenvalue weighted by Crippen LogP contribution is 2.23. The van der Waals surface area contributed by atoms with Crippen molar-refractivity contribution in [3.63, 3.8) is 0 Å². The highest BCUT2D eigenvalue weighted by Gasteiger charge is 2.14. The second-order valence-electron chi connectivity index (χ2n) is 5.38. The van der Waals surface area contributed by atoms with Crippen molar-refractivity contribution in [3.8, 4) is 11.4 Å². The van der Waals surface area contributed by atoms with Crippen LogP contribution in [-0.2, 0) is 12.4 Å². The summed E-state index contributed by atoms with van der Waals surface area (Å²) < 4.78 is 2.13. The van der Waals surface area contributed by atoms with E-state index in [9.17, 15) is 0 Å². The minimum atomic E-state index is 0.393. The summed E-state index contributed by atoms with van der Waals surface area (Å²) in [6.07, 6.45) is 0. The molecule has 0 amide bonds. The SMILES string of the molecule is Cc1ccc(-c2nnc(CCl)n2CC(C)C)cc1C. The molecule has 0 radical (unpaired) electrons. The maximum absolute atomic E-state index is 5.95. The maximum atomic E-state index is 5.95. The molecule has 0 fully saturated rings. The van der Waals surface area contributed by atoms with E-state index in [1.54, 1.807) is 0 Å². The zero-order valence-corrected chi connectivity index (χ0v) is 12.7. The number of aromatic nitrogens is 3. The maximum Gasteiger partial charge on any atom is 0.164 e. The molecule has 3 nitrogen and oxygen atoms in total. The zero-order chi connectivity index (χ0) is 14.0. The molecule has 1 heterocycles. The quantitative estimate of drug-likeness (QED) is 0.792. The number of hydrogen-bond acceptors (Lipinski definition) is 2. The molecule has 0 unspecified atom stereocenters. The van der Waals surface area contributed by atoms with Gasteiger partial charge in [0, 0.05) is 12.1 Å². The molecule has 2 rings (SSSR count). The van der Waals surface area contributed by atoms with E-state index < -0.39 is 0 Å². The van der Waals surface area contributed by atoms with Crippen LogP contribution < -0.4 is 0 Å². The van der Waals surface area contributed by atoms with E-state index >= 15 is 0 Å². The first-order valence-electron chi connectivity index (χ1n) is 6.58. The molecule has 1 aromatic heterocycles. The molecule has 19 heavy (non-hydrogen) atoms. The van der Waals surface area contributed by atoms with Crippen molar-refractivity contribution in [2.24, 2.45) is 5.92 Å². The number of aryl methyl sites for hydroxylation is 2. The summed E-state index contributed by atoms with van der Waals surface area (Å²) >= 11 is 5.95. The number of benzene rings is 1. The van der Waals surface area contributed by atoms with E-state index in [0.717, 1.165) is 23.8 Å². The van der Waals surface area contributed by atoms with Crippen LogP contribution in [0.25, 0.3) is 11.4 Å². The van der Waals surface area contributed by atoms with E-state index in [-0.39, 0.29) is 0 Å². The van der Waals surface area contributed by atoms with Crippen LogP contribution in [0.15, 0.2) is 18.2 Å². The first-order chi connectivity index (χ1) is 9.02. The van der Waals surface area contributed by atoms with Gasteiger partial charge in [0.05, 0.1) is 5.88 Å². The molecule has 0 aliphatic carbocycles.